The normalized spacial score (nSPS) is 12.0. The van der Waals surface area contributed by atoms with Gasteiger partial charge in [-0.2, -0.15) is 0 Å². The van der Waals surface area contributed by atoms with Crippen LogP contribution in [0.25, 0.3) is 0 Å². The average molecular weight is 298 g/mol. The van der Waals surface area contributed by atoms with E-state index in [1.165, 1.54) is 5.56 Å². The van der Waals surface area contributed by atoms with Gasteiger partial charge in [0.05, 0.1) is 0 Å². The number of carbonyl (C=O) groups is 1. The molecule has 2 aromatic carbocycles. The first kappa shape index (κ1) is 16.1. The first-order valence-corrected chi connectivity index (χ1v) is 7.39. The van der Waals surface area contributed by atoms with E-state index in [-0.39, 0.29) is 0 Å². The Morgan fingerprint density at radius 3 is 2.18 bits per heavy atom. The van der Waals surface area contributed by atoms with Crippen LogP contribution < -0.4 is 4.74 Å². The minimum absolute atomic E-state index is 0.356. The second-order valence-electron chi connectivity index (χ2n) is 5.90. The van der Waals surface area contributed by atoms with Crippen molar-refractivity contribution in [3.8, 4) is 5.75 Å². The van der Waals surface area contributed by atoms with Crippen LogP contribution >= 0.6 is 0 Å². The van der Waals surface area contributed by atoms with E-state index in [1.54, 1.807) is 0 Å². The number of rotatable bonds is 5. The lowest BCUT2D eigenvalue weighted by molar-refractivity contribution is -0.145. The van der Waals surface area contributed by atoms with E-state index in [0.717, 1.165) is 22.3 Å². The second-order valence-corrected chi connectivity index (χ2v) is 5.90. The van der Waals surface area contributed by atoms with E-state index < -0.39 is 12.1 Å². The lowest BCUT2D eigenvalue weighted by Gasteiger charge is -2.17. The number of aliphatic carboxylic acids is 1. The van der Waals surface area contributed by atoms with Gasteiger partial charge in [0.15, 0.2) is 6.10 Å². The van der Waals surface area contributed by atoms with Crippen LogP contribution in [0.4, 0.5) is 0 Å². The molecule has 0 spiro atoms. The van der Waals surface area contributed by atoms with Gasteiger partial charge in [-0.3, -0.25) is 0 Å². The van der Waals surface area contributed by atoms with Crippen LogP contribution in [0, 0.1) is 27.7 Å². The fourth-order valence-electron chi connectivity index (χ4n) is 2.62. The molecule has 0 aliphatic carbocycles. The Hall–Kier alpha value is -2.29. The molecule has 0 radical (unpaired) electrons. The van der Waals surface area contributed by atoms with Gasteiger partial charge in [0.2, 0.25) is 0 Å². The zero-order valence-electron chi connectivity index (χ0n) is 13.5. The summed E-state index contributed by atoms with van der Waals surface area (Å²) in [5.41, 5.74) is 5.39. The Kier molecular flexibility index (Phi) is 4.86. The molecule has 22 heavy (non-hydrogen) atoms. The van der Waals surface area contributed by atoms with Gasteiger partial charge in [-0.15, -0.1) is 0 Å². The SMILES string of the molecule is Cc1cc(C)cc(O[C@H](Cc2ccc(C)cc2C)C(=O)O)c1. The number of hydrogen-bond acceptors (Lipinski definition) is 2. The Labute approximate surface area is 131 Å². The Morgan fingerprint density at radius 2 is 1.64 bits per heavy atom. The third-order valence-corrected chi connectivity index (χ3v) is 3.65. The third kappa shape index (κ3) is 4.10. The monoisotopic (exact) mass is 298 g/mol. The highest BCUT2D eigenvalue weighted by Crippen LogP contribution is 2.20. The van der Waals surface area contributed by atoms with Crippen molar-refractivity contribution in [2.45, 2.75) is 40.2 Å². The Balaban J connectivity index is 2.21. The standard InChI is InChI=1S/C19H22O3/c1-12-5-6-16(15(4)8-12)11-18(19(20)21)22-17-9-13(2)7-14(3)10-17/h5-10,18H,11H2,1-4H3,(H,20,21)/t18-/m1/s1. The molecule has 0 aliphatic heterocycles. The summed E-state index contributed by atoms with van der Waals surface area (Å²) in [5.74, 6) is -0.339. The Bertz CT molecular complexity index is 669. The van der Waals surface area contributed by atoms with E-state index in [1.807, 2.05) is 58.0 Å². The van der Waals surface area contributed by atoms with Gasteiger partial charge in [-0.05, 0) is 62.1 Å². The molecule has 116 valence electrons. The zero-order chi connectivity index (χ0) is 16.3. The van der Waals surface area contributed by atoms with Gasteiger partial charge >= 0.3 is 5.97 Å². The molecule has 3 heteroatoms. The summed E-state index contributed by atoms with van der Waals surface area (Å²) < 4.78 is 5.73. The molecule has 0 fully saturated rings. The van der Waals surface area contributed by atoms with Crippen LogP contribution in [0.5, 0.6) is 5.75 Å². The van der Waals surface area contributed by atoms with Crippen LogP contribution in [-0.4, -0.2) is 17.2 Å². The van der Waals surface area contributed by atoms with E-state index in [9.17, 15) is 9.90 Å². The molecule has 1 atom stereocenters. The van der Waals surface area contributed by atoms with Crippen LogP contribution in [0.3, 0.4) is 0 Å². The minimum Gasteiger partial charge on any atom is -0.478 e. The molecule has 0 saturated heterocycles. The smallest absolute Gasteiger partial charge is 0.345 e. The molecule has 0 heterocycles. The van der Waals surface area contributed by atoms with Crippen molar-refractivity contribution in [1.29, 1.82) is 0 Å². The van der Waals surface area contributed by atoms with E-state index in [2.05, 4.69) is 6.07 Å². The zero-order valence-corrected chi connectivity index (χ0v) is 13.5. The number of ether oxygens (including phenoxy) is 1. The number of aryl methyl sites for hydroxylation is 4. The van der Waals surface area contributed by atoms with Crippen molar-refractivity contribution >= 4 is 5.97 Å². The molecule has 0 bridgehead atoms. The summed E-state index contributed by atoms with van der Waals surface area (Å²) in [4.78, 5) is 11.5. The number of hydrogen-bond donors (Lipinski definition) is 1. The van der Waals surface area contributed by atoms with Crippen molar-refractivity contribution in [3.05, 3.63) is 64.2 Å². The van der Waals surface area contributed by atoms with E-state index in [4.69, 9.17) is 4.74 Å². The van der Waals surface area contributed by atoms with Crippen molar-refractivity contribution in [3.63, 3.8) is 0 Å². The first-order valence-electron chi connectivity index (χ1n) is 7.39. The molecule has 0 aliphatic rings. The van der Waals surface area contributed by atoms with E-state index >= 15 is 0 Å². The van der Waals surface area contributed by atoms with Gasteiger partial charge < -0.3 is 9.84 Å². The lowest BCUT2D eigenvalue weighted by Crippen LogP contribution is -2.29. The maximum Gasteiger partial charge on any atom is 0.345 e. The maximum absolute atomic E-state index is 11.5. The highest BCUT2D eigenvalue weighted by molar-refractivity contribution is 5.73. The van der Waals surface area contributed by atoms with Crippen LogP contribution in [-0.2, 0) is 11.2 Å². The van der Waals surface area contributed by atoms with Gasteiger partial charge in [-0.25, -0.2) is 4.79 Å². The summed E-state index contributed by atoms with van der Waals surface area (Å²) in [7, 11) is 0. The molecule has 3 nitrogen and oxygen atoms in total. The molecule has 0 unspecified atom stereocenters. The molecule has 2 rings (SSSR count). The van der Waals surface area contributed by atoms with Crippen molar-refractivity contribution in [1.82, 2.24) is 0 Å². The second kappa shape index (κ2) is 6.65. The minimum atomic E-state index is -0.945. The average Bonchev–Trinajstić information content (AvgIpc) is 2.39. The summed E-state index contributed by atoms with van der Waals surface area (Å²) in [5, 5.41) is 9.45. The molecular formula is C19H22O3. The lowest BCUT2D eigenvalue weighted by atomic mass is 10.0. The highest BCUT2D eigenvalue weighted by Gasteiger charge is 2.21. The summed E-state index contributed by atoms with van der Waals surface area (Å²) in [6.07, 6.45) is -0.531. The number of carboxylic acid groups (broad SMARTS) is 1. The van der Waals surface area contributed by atoms with Crippen molar-refractivity contribution < 1.29 is 14.6 Å². The molecule has 0 saturated carbocycles. The van der Waals surface area contributed by atoms with Crippen molar-refractivity contribution in [2.24, 2.45) is 0 Å². The Morgan fingerprint density at radius 1 is 1.00 bits per heavy atom. The first-order chi connectivity index (χ1) is 10.3. The fraction of sp³-hybridized carbons (Fsp3) is 0.316. The summed E-state index contributed by atoms with van der Waals surface area (Å²) in [6, 6.07) is 11.8. The van der Waals surface area contributed by atoms with E-state index in [0.29, 0.717) is 12.2 Å². The summed E-state index contributed by atoms with van der Waals surface area (Å²) >= 11 is 0. The molecule has 1 N–H and O–H groups in total. The number of carboxylic acids is 1. The van der Waals surface area contributed by atoms with Crippen molar-refractivity contribution in [2.75, 3.05) is 0 Å². The largest absolute Gasteiger partial charge is 0.478 e. The van der Waals surface area contributed by atoms with Crippen LogP contribution in [0.2, 0.25) is 0 Å². The topological polar surface area (TPSA) is 46.5 Å². The molecule has 0 aromatic heterocycles. The van der Waals surface area contributed by atoms with Gasteiger partial charge in [0.1, 0.15) is 5.75 Å². The van der Waals surface area contributed by atoms with Gasteiger partial charge in [0, 0.05) is 6.42 Å². The van der Waals surface area contributed by atoms with Crippen LogP contribution in [0.1, 0.15) is 27.8 Å². The predicted octanol–water partition coefficient (Wildman–Crippen LogP) is 3.99. The quantitative estimate of drug-likeness (QED) is 0.907. The molecule has 0 amide bonds. The molecular weight excluding hydrogens is 276 g/mol. The fourth-order valence-corrected chi connectivity index (χ4v) is 2.62. The summed E-state index contributed by atoms with van der Waals surface area (Å²) in [6.45, 7) is 7.97. The van der Waals surface area contributed by atoms with Crippen LogP contribution in [0.15, 0.2) is 36.4 Å². The van der Waals surface area contributed by atoms with Gasteiger partial charge in [-0.1, -0.05) is 29.8 Å². The third-order valence-electron chi connectivity index (χ3n) is 3.65. The predicted molar refractivity (Wildman–Crippen MR) is 87.6 cm³/mol. The number of benzene rings is 2. The molecule has 2 aromatic rings. The van der Waals surface area contributed by atoms with Gasteiger partial charge in [0.25, 0.3) is 0 Å². The highest BCUT2D eigenvalue weighted by atomic mass is 16.5. The maximum atomic E-state index is 11.5.